The van der Waals surface area contributed by atoms with E-state index in [1.54, 1.807) is 12.1 Å². The van der Waals surface area contributed by atoms with E-state index in [4.69, 9.17) is 0 Å². The molecule has 4 nitrogen and oxygen atoms in total. The molecule has 0 saturated heterocycles. The molecule has 1 unspecified atom stereocenters. The van der Waals surface area contributed by atoms with Crippen molar-refractivity contribution in [3.8, 4) is 0 Å². The van der Waals surface area contributed by atoms with Gasteiger partial charge in [0, 0.05) is 17.8 Å². The minimum absolute atomic E-state index is 0.166. The first-order chi connectivity index (χ1) is 8.08. The molecule has 0 aromatic heterocycles. The van der Waals surface area contributed by atoms with E-state index in [9.17, 15) is 10.1 Å². The number of hydrogen-bond acceptors (Lipinski definition) is 3. The normalized spacial score (nSPS) is 12.2. The van der Waals surface area contributed by atoms with Crippen LogP contribution in [0.1, 0.15) is 33.1 Å². The molecule has 0 heterocycles. The number of hydrogen-bond donors (Lipinski definition) is 1. The summed E-state index contributed by atoms with van der Waals surface area (Å²) in [7, 11) is 0. The number of nitro benzene ring substituents is 1. The number of benzene rings is 1. The Bertz CT molecular complexity index is 396. The van der Waals surface area contributed by atoms with Crippen molar-refractivity contribution in [2.75, 3.05) is 5.32 Å². The number of rotatable bonds is 6. The van der Waals surface area contributed by atoms with Gasteiger partial charge in [0.1, 0.15) is 0 Å². The van der Waals surface area contributed by atoms with Gasteiger partial charge in [-0.2, -0.15) is 0 Å². The maximum absolute atomic E-state index is 10.7. The number of halogens is 1. The summed E-state index contributed by atoms with van der Waals surface area (Å²) in [6.07, 6.45) is 3.31. The van der Waals surface area contributed by atoms with Crippen molar-refractivity contribution in [1.82, 2.24) is 0 Å². The van der Waals surface area contributed by atoms with Crippen LogP contribution in [0.4, 0.5) is 11.4 Å². The summed E-state index contributed by atoms with van der Waals surface area (Å²) in [5, 5.41) is 14.1. The lowest BCUT2D eigenvalue weighted by molar-refractivity contribution is -0.385. The summed E-state index contributed by atoms with van der Waals surface area (Å²) >= 11 is 2.00. The molecule has 94 valence electrons. The van der Waals surface area contributed by atoms with Crippen molar-refractivity contribution >= 4 is 34.0 Å². The molecule has 0 fully saturated rings. The Morgan fingerprint density at radius 1 is 1.47 bits per heavy atom. The predicted octanol–water partition coefficient (Wildman–Crippen LogP) is 4.19. The molecule has 1 atom stereocenters. The highest BCUT2D eigenvalue weighted by Crippen LogP contribution is 2.25. The van der Waals surface area contributed by atoms with Crippen LogP contribution in [0.3, 0.4) is 0 Å². The molecule has 17 heavy (non-hydrogen) atoms. The minimum atomic E-state index is -0.352. The van der Waals surface area contributed by atoms with Crippen molar-refractivity contribution in [2.45, 2.75) is 39.2 Å². The number of nitrogens with zero attached hydrogens (tertiary/aromatic N) is 1. The highest BCUT2D eigenvalue weighted by molar-refractivity contribution is 14.1. The summed E-state index contributed by atoms with van der Waals surface area (Å²) in [5.74, 6) is 0. The van der Waals surface area contributed by atoms with Crippen LogP contribution in [0.2, 0.25) is 0 Å². The molecule has 0 amide bonds. The first-order valence-corrected chi connectivity index (χ1v) is 6.86. The molecule has 0 radical (unpaired) electrons. The van der Waals surface area contributed by atoms with E-state index in [1.165, 1.54) is 0 Å². The van der Waals surface area contributed by atoms with Crippen molar-refractivity contribution in [3.05, 3.63) is 31.9 Å². The SMILES string of the molecule is CCCC(CC)Nc1ccc([N+](=O)[O-])c(I)c1. The Morgan fingerprint density at radius 3 is 2.65 bits per heavy atom. The van der Waals surface area contributed by atoms with Gasteiger partial charge < -0.3 is 5.32 Å². The van der Waals surface area contributed by atoms with E-state index in [0.29, 0.717) is 9.61 Å². The lowest BCUT2D eigenvalue weighted by Gasteiger charge is -2.17. The molecular weight excluding hydrogens is 331 g/mol. The number of anilines is 1. The van der Waals surface area contributed by atoms with E-state index in [1.807, 2.05) is 28.7 Å². The molecule has 1 aromatic rings. The highest BCUT2D eigenvalue weighted by atomic mass is 127. The molecule has 0 saturated carbocycles. The topological polar surface area (TPSA) is 55.2 Å². The second-order valence-corrected chi connectivity index (χ2v) is 5.12. The lowest BCUT2D eigenvalue weighted by atomic mass is 10.1. The van der Waals surface area contributed by atoms with Gasteiger partial charge in [-0.15, -0.1) is 0 Å². The van der Waals surface area contributed by atoms with Crippen LogP contribution >= 0.6 is 22.6 Å². The molecule has 5 heteroatoms. The highest BCUT2D eigenvalue weighted by Gasteiger charge is 2.12. The van der Waals surface area contributed by atoms with Crippen LogP contribution in [0.5, 0.6) is 0 Å². The van der Waals surface area contributed by atoms with E-state index in [0.717, 1.165) is 24.9 Å². The molecule has 1 rings (SSSR count). The van der Waals surface area contributed by atoms with Crippen LogP contribution in [0.15, 0.2) is 18.2 Å². The van der Waals surface area contributed by atoms with Crippen LogP contribution < -0.4 is 5.32 Å². The van der Waals surface area contributed by atoms with Crippen molar-refractivity contribution in [2.24, 2.45) is 0 Å². The molecular formula is C12H17IN2O2. The molecule has 0 spiro atoms. The van der Waals surface area contributed by atoms with E-state index >= 15 is 0 Å². The smallest absolute Gasteiger partial charge is 0.282 e. The third-order valence-electron chi connectivity index (χ3n) is 2.65. The minimum Gasteiger partial charge on any atom is -0.382 e. The van der Waals surface area contributed by atoms with Crippen LogP contribution in [0, 0.1) is 13.7 Å². The molecule has 1 N–H and O–H groups in total. The zero-order valence-corrected chi connectivity index (χ0v) is 12.2. The second kappa shape index (κ2) is 6.78. The second-order valence-electron chi connectivity index (χ2n) is 3.96. The van der Waals surface area contributed by atoms with Crippen LogP contribution in [-0.2, 0) is 0 Å². The quantitative estimate of drug-likeness (QED) is 0.476. The zero-order chi connectivity index (χ0) is 12.8. The first-order valence-electron chi connectivity index (χ1n) is 5.79. The van der Waals surface area contributed by atoms with Gasteiger partial charge in [-0.05, 0) is 47.6 Å². The maximum Gasteiger partial charge on any atom is 0.282 e. The fourth-order valence-corrected chi connectivity index (χ4v) is 2.42. The fourth-order valence-electron chi connectivity index (χ4n) is 1.71. The number of nitro groups is 1. The van der Waals surface area contributed by atoms with E-state index in [-0.39, 0.29) is 10.6 Å². The number of nitrogens with one attached hydrogen (secondary N) is 1. The summed E-state index contributed by atoms with van der Waals surface area (Å²) in [5.41, 5.74) is 1.12. The largest absolute Gasteiger partial charge is 0.382 e. The fraction of sp³-hybridized carbons (Fsp3) is 0.500. The zero-order valence-electron chi connectivity index (χ0n) is 10.1. The van der Waals surface area contributed by atoms with Crippen molar-refractivity contribution in [3.63, 3.8) is 0 Å². The summed E-state index contributed by atoms with van der Waals surface area (Å²) < 4.78 is 0.670. The molecule has 0 bridgehead atoms. The van der Waals surface area contributed by atoms with Gasteiger partial charge in [0.15, 0.2) is 0 Å². The Kier molecular flexibility index (Phi) is 5.67. The summed E-state index contributed by atoms with van der Waals surface area (Å²) in [6.45, 7) is 4.30. The van der Waals surface area contributed by atoms with Crippen molar-refractivity contribution < 1.29 is 4.92 Å². The van der Waals surface area contributed by atoms with Gasteiger partial charge in [-0.25, -0.2) is 0 Å². The Balaban J connectivity index is 2.79. The summed E-state index contributed by atoms with van der Waals surface area (Å²) in [6, 6.07) is 5.61. The standard InChI is InChI=1S/C12H17IN2O2/c1-3-5-9(4-2)14-10-6-7-12(15(16)17)11(13)8-10/h6-9,14H,3-5H2,1-2H3. The maximum atomic E-state index is 10.7. The lowest BCUT2D eigenvalue weighted by Crippen LogP contribution is -2.17. The van der Waals surface area contributed by atoms with E-state index < -0.39 is 0 Å². The van der Waals surface area contributed by atoms with Gasteiger partial charge in [0.05, 0.1) is 8.49 Å². The Hall–Kier alpha value is -0.850. The van der Waals surface area contributed by atoms with Gasteiger partial charge in [0.25, 0.3) is 5.69 Å². The summed E-state index contributed by atoms with van der Waals surface area (Å²) in [4.78, 5) is 10.3. The van der Waals surface area contributed by atoms with Gasteiger partial charge in [-0.1, -0.05) is 20.3 Å². The Morgan fingerprint density at radius 2 is 2.18 bits per heavy atom. The third kappa shape index (κ3) is 4.14. The van der Waals surface area contributed by atoms with Crippen LogP contribution in [0.25, 0.3) is 0 Å². The average molecular weight is 348 g/mol. The molecule has 0 aliphatic heterocycles. The van der Waals surface area contributed by atoms with Crippen molar-refractivity contribution in [1.29, 1.82) is 0 Å². The molecule has 0 aliphatic rings. The van der Waals surface area contributed by atoms with Crippen LogP contribution in [-0.4, -0.2) is 11.0 Å². The predicted molar refractivity (Wildman–Crippen MR) is 78.4 cm³/mol. The monoisotopic (exact) mass is 348 g/mol. The average Bonchev–Trinajstić information content (AvgIpc) is 2.28. The van der Waals surface area contributed by atoms with Gasteiger partial charge >= 0.3 is 0 Å². The van der Waals surface area contributed by atoms with Gasteiger partial charge in [0.2, 0.25) is 0 Å². The van der Waals surface area contributed by atoms with Gasteiger partial charge in [-0.3, -0.25) is 10.1 Å². The third-order valence-corrected chi connectivity index (χ3v) is 3.51. The molecule has 1 aromatic carbocycles. The van der Waals surface area contributed by atoms with E-state index in [2.05, 4.69) is 19.2 Å². The first kappa shape index (κ1) is 14.2. The molecule has 0 aliphatic carbocycles. The Labute approximate surface area is 115 Å².